The van der Waals surface area contributed by atoms with Crippen molar-refractivity contribution in [1.82, 2.24) is 4.98 Å². The van der Waals surface area contributed by atoms with E-state index in [1.807, 2.05) is 26.0 Å². The Morgan fingerprint density at radius 1 is 1.03 bits per heavy atom. The fourth-order valence-electron chi connectivity index (χ4n) is 4.32. The summed E-state index contributed by atoms with van der Waals surface area (Å²) in [5, 5.41) is 13.2. The molecule has 0 amide bonds. The van der Waals surface area contributed by atoms with Gasteiger partial charge in [0.05, 0.1) is 27.4 Å². The molecule has 0 fully saturated rings. The Labute approximate surface area is 220 Å². The van der Waals surface area contributed by atoms with Crippen LogP contribution in [0.3, 0.4) is 0 Å². The van der Waals surface area contributed by atoms with Gasteiger partial charge in [-0.1, -0.05) is 0 Å². The second-order valence-electron chi connectivity index (χ2n) is 8.60. The maximum absolute atomic E-state index is 14.2. The van der Waals surface area contributed by atoms with Crippen LogP contribution in [0.15, 0.2) is 54.7 Å². The number of methoxy groups -OCH3 is 2. The second kappa shape index (κ2) is 11.9. The van der Waals surface area contributed by atoms with Gasteiger partial charge in [0.25, 0.3) is 0 Å². The number of rotatable bonds is 12. The number of anilines is 1. The topological polar surface area (TPSA) is 102 Å². The second-order valence-corrected chi connectivity index (χ2v) is 8.60. The van der Waals surface area contributed by atoms with Crippen LogP contribution in [0.4, 0.5) is 10.1 Å². The molecule has 0 saturated carbocycles. The number of halogens is 1. The molecule has 200 valence electrons. The van der Waals surface area contributed by atoms with E-state index in [0.29, 0.717) is 34.9 Å². The number of H-pyrrole nitrogens is 1. The summed E-state index contributed by atoms with van der Waals surface area (Å²) < 4.78 is 36.2. The van der Waals surface area contributed by atoms with E-state index in [9.17, 15) is 9.18 Å². The molecule has 0 aliphatic rings. The van der Waals surface area contributed by atoms with E-state index in [1.165, 1.54) is 32.4 Å². The van der Waals surface area contributed by atoms with Gasteiger partial charge in [-0.05, 0) is 37.6 Å². The Kier molecular flexibility index (Phi) is 8.38. The lowest BCUT2D eigenvalue weighted by Gasteiger charge is -2.22. The monoisotopic (exact) mass is 522 g/mol. The molecule has 3 N–H and O–H groups in total. The first-order valence-corrected chi connectivity index (χ1v) is 12.2. The van der Waals surface area contributed by atoms with E-state index < -0.39 is 11.9 Å². The van der Waals surface area contributed by atoms with Gasteiger partial charge < -0.3 is 34.4 Å². The number of aryl methyl sites for hydroxylation is 1. The molecule has 1 atom stereocenters. The number of aromatic amines is 1. The third-order valence-electron chi connectivity index (χ3n) is 6.10. The number of carbonyl (C=O) groups excluding carboxylic acids is 1. The Hall–Kier alpha value is -4.24. The molecular weight excluding hydrogens is 491 g/mol. The number of Topliss-reactive ketones (excluding diaryl/α,β-unsaturated/α-hetero) is 1. The Morgan fingerprint density at radius 2 is 1.82 bits per heavy atom. The molecule has 0 saturated heterocycles. The highest BCUT2D eigenvalue weighted by Crippen LogP contribution is 2.36. The number of hydrogen-bond acceptors (Lipinski definition) is 7. The molecule has 3 aromatic carbocycles. The molecule has 38 heavy (non-hydrogen) atoms. The molecule has 4 rings (SSSR count). The molecule has 1 heterocycles. The molecule has 1 aromatic heterocycles. The minimum Gasteiger partial charge on any atom is -0.497 e. The lowest BCUT2D eigenvalue weighted by molar-refractivity contribution is 0.0970. The van der Waals surface area contributed by atoms with E-state index in [0.717, 1.165) is 22.2 Å². The summed E-state index contributed by atoms with van der Waals surface area (Å²) >= 11 is 0. The Morgan fingerprint density at radius 3 is 2.53 bits per heavy atom. The summed E-state index contributed by atoms with van der Waals surface area (Å²) in [7, 11) is 2.95. The van der Waals surface area contributed by atoms with Crippen LogP contribution in [0, 0.1) is 12.7 Å². The fourth-order valence-corrected chi connectivity index (χ4v) is 4.32. The van der Waals surface area contributed by atoms with Gasteiger partial charge in [0.2, 0.25) is 0 Å². The zero-order valence-corrected chi connectivity index (χ0v) is 21.8. The first-order valence-electron chi connectivity index (χ1n) is 12.2. The molecule has 4 aromatic rings. The van der Waals surface area contributed by atoms with Gasteiger partial charge in [-0.2, -0.15) is 0 Å². The van der Waals surface area contributed by atoms with Crippen molar-refractivity contribution in [3.05, 3.63) is 77.2 Å². The summed E-state index contributed by atoms with van der Waals surface area (Å²) in [5.74, 6) is 1.16. The zero-order valence-electron chi connectivity index (χ0n) is 21.8. The van der Waals surface area contributed by atoms with Crippen LogP contribution in [-0.4, -0.2) is 49.9 Å². The number of hydrogen-bond donors (Lipinski definition) is 3. The summed E-state index contributed by atoms with van der Waals surface area (Å²) in [4.78, 5) is 17.3. The van der Waals surface area contributed by atoms with Gasteiger partial charge in [-0.25, -0.2) is 4.39 Å². The minimum absolute atomic E-state index is 0.0964. The highest BCUT2D eigenvalue weighted by molar-refractivity contribution is 6.12. The van der Waals surface area contributed by atoms with Crippen molar-refractivity contribution in [2.24, 2.45) is 0 Å². The van der Waals surface area contributed by atoms with Crippen molar-refractivity contribution in [3.8, 4) is 23.0 Å². The van der Waals surface area contributed by atoms with Gasteiger partial charge in [-0.15, -0.1) is 0 Å². The maximum atomic E-state index is 14.2. The molecule has 8 nitrogen and oxygen atoms in total. The molecule has 0 bridgehead atoms. The molecular formula is C29H31FN2O6. The van der Waals surface area contributed by atoms with Crippen molar-refractivity contribution in [1.29, 1.82) is 0 Å². The number of aromatic nitrogens is 1. The average molecular weight is 523 g/mol. The predicted molar refractivity (Wildman–Crippen MR) is 143 cm³/mol. The predicted octanol–water partition coefficient (Wildman–Crippen LogP) is 5.44. The van der Waals surface area contributed by atoms with Crippen LogP contribution in [0.25, 0.3) is 10.9 Å². The van der Waals surface area contributed by atoms with Crippen molar-refractivity contribution in [2.75, 3.05) is 39.4 Å². The third kappa shape index (κ3) is 5.68. The van der Waals surface area contributed by atoms with Crippen molar-refractivity contribution in [3.63, 3.8) is 0 Å². The quantitative estimate of drug-likeness (QED) is 0.213. The smallest absolute Gasteiger partial charge is 0.191 e. The number of ketones is 1. The number of nitrogens with one attached hydrogen (secondary N) is 2. The van der Waals surface area contributed by atoms with Crippen LogP contribution in [0.2, 0.25) is 0 Å². The van der Waals surface area contributed by atoms with Gasteiger partial charge in [-0.3, -0.25) is 4.79 Å². The largest absolute Gasteiger partial charge is 0.497 e. The number of benzene rings is 3. The van der Waals surface area contributed by atoms with Gasteiger partial charge in [0.15, 0.2) is 5.78 Å². The number of aliphatic hydroxyl groups is 1. The molecule has 0 aliphatic carbocycles. The first-order chi connectivity index (χ1) is 18.4. The van der Waals surface area contributed by atoms with Gasteiger partial charge in [0.1, 0.15) is 41.5 Å². The van der Waals surface area contributed by atoms with E-state index in [4.69, 9.17) is 24.1 Å². The van der Waals surface area contributed by atoms with Gasteiger partial charge >= 0.3 is 0 Å². The summed E-state index contributed by atoms with van der Waals surface area (Å²) in [6.07, 6.45) is 1.66. The van der Waals surface area contributed by atoms with Crippen LogP contribution < -0.4 is 24.3 Å². The van der Waals surface area contributed by atoms with E-state index in [1.54, 1.807) is 24.4 Å². The molecule has 0 aliphatic heterocycles. The molecule has 0 spiro atoms. The van der Waals surface area contributed by atoms with Crippen LogP contribution >= 0.6 is 0 Å². The normalized spacial score (nSPS) is 11.7. The molecule has 0 radical (unpaired) electrons. The lowest BCUT2D eigenvalue weighted by atomic mass is 9.95. The van der Waals surface area contributed by atoms with Crippen molar-refractivity contribution >= 4 is 22.4 Å². The maximum Gasteiger partial charge on any atom is 0.191 e. The SMILES string of the molecule is CCOc1cc2[nH]cc(C(=O)[C@H](Nc3cc(OC)cc(OCCO)c3)c3ccc(F)cc3OC)c2cc1C. The zero-order chi connectivity index (χ0) is 27.2. The third-order valence-corrected chi connectivity index (χ3v) is 6.10. The number of carbonyl (C=O) groups is 1. The fraction of sp³-hybridized carbons (Fsp3) is 0.276. The minimum atomic E-state index is -0.950. The number of aliphatic hydroxyl groups excluding tert-OH is 1. The summed E-state index contributed by atoms with van der Waals surface area (Å²) in [5.41, 5.74) is 3.09. The highest BCUT2D eigenvalue weighted by atomic mass is 19.1. The average Bonchev–Trinajstić information content (AvgIpc) is 3.32. The summed E-state index contributed by atoms with van der Waals surface area (Å²) in [6, 6.07) is 12.0. The summed E-state index contributed by atoms with van der Waals surface area (Å²) in [6.45, 7) is 4.31. The van der Waals surface area contributed by atoms with E-state index >= 15 is 0 Å². The molecule has 9 heteroatoms. The first kappa shape index (κ1) is 26.8. The Balaban J connectivity index is 1.81. The highest BCUT2D eigenvalue weighted by Gasteiger charge is 2.28. The number of ether oxygens (including phenoxy) is 4. The van der Waals surface area contributed by atoms with Crippen molar-refractivity contribution < 1.29 is 33.2 Å². The lowest BCUT2D eigenvalue weighted by Crippen LogP contribution is -2.22. The van der Waals surface area contributed by atoms with E-state index in [2.05, 4.69) is 10.3 Å². The van der Waals surface area contributed by atoms with E-state index in [-0.39, 0.29) is 24.7 Å². The van der Waals surface area contributed by atoms with Crippen molar-refractivity contribution in [2.45, 2.75) is 19.9 Å². The number of fused-ring (bicyclic) bond motifs is 1. The van der Waals surface area contributed by atoms with Crippen LogP contribution in [0.5, 0.6) is 23.0 Å². The Bertz CT molecular complexity index is 1430. The van der Waals surface area contributed by atoms with Gasteiger partial charge in [0, 0.05) is 64.2 Å². The standard InChI is InChI=1S/C29H31FN2O6/c1-5-37-26-15-25-23(10-17(26)2)24(16-31-25)29(34)28(22-7-6-18(30)11-27(22)36-4)32-19-12-20(35-3)14-21(13-19)38-9-8-33/h6-7,10-16,28,31-33H,5,8-9H2,1-4H3/t28-/m1/s1. The molecule has 0 unspecified atom stereocenters. The van der Waals surface area contributed by atoms with Crippen LogP contribution in [-0.2, 0) is 0 Å². The van der Waals surface area contributed by atoms with Crippen LogP contribution in [0.1, 0.15) is 34.5 Å².